The molecule has 0 saturated heterocycles. The van der Waals surface area contributed by atoms with Crippen molar-refractivity contribution in [3.8, 4) is 0 Å². The molecule has 0 spiro atoms. The Hall–Kier alpha value is -0.220. The molecule has 0 radical (unpaired) electrons. The van der Waals surface area contributed by atoms with Crippen molar-refractivity contribution in [1.82, 2.24) is 4.98 Å². The van der Waals surface area contributed by atoms with Crippen LogP contribution in [0.3, 0.4) is 0 Å². The summed E-state index contributed by atoms with van der Waals surface area (Å²) >= 11 is 16.3. The molecule has 6 heteroatoms. The molecule has 0 aliphatic rings. The summed E-state index contributed by atoms with van der Waals surface area (Å²) in [5, 5.41) is 11.9. The van der Waals surface area contributed by atoms with Crippen molar-refractivity contribution in [2.75, 3.05) is 5.32 Å². The molecule has 1 atom stereocenters. The monoisotopic (exact) mass is 240 g/mol. The number of anilines is 1. The fourth-order valence-electron chi connectivity index (χ4n) is 0.688. The van der Waals surface area contributed by atoms with Gasteiger partial charge in [-0.1, -0.05) is 34.8 Å². The van der Waals surface area contributed by atoms with Gasteiger partial charge in [0.25, 0.3) is 0 Å². The number of nitrogens with one attached hydrogen (secondary N) is 1. The summed E-state index contributed by atoms with van der Waals surface area (Å²) in [5.41, 5.74) is 0.585. The first kappa shape index (κ1) is 10.9. The van der Waals surface area contributed by atoms with Crippen molar-refractivity contribution in [2.24, 2.45) is 0 Å². The Morgan fingerprint density at radius 1 is 1.46 bits per heavy atom. The minimum atomic E-state index is -1.75. The number of hydrogen-bond acceptors (Lipinski definition) is 3. The molecule has 0 fully saturated rings. The van der Waals surface area contributed by atoms with Crippen LogP contribution in [0.5, 0.6) is 0 Å². The van der Waals surface area contributed by atoms with E-state index in [0.717, 1.165) is 0 Å². The number of alkyl halides is 3. The zero-order valence-corrected chi connectivity index (χ0v) is 8.68. The Morgan fingerprint density at radius 3 is 2.62 bits per heavy atom. The van der Waals surface area contributed by atoms with Crippen molar-refractivity contribution in [2.45, 2.75) is 10.0 Å². The molecule has 3 nitrogen and oxygen atoms in total. The van der Waals surface area contributed by atoms with Gasteiger partial charge in [-0.3, -0.25) is 4.98 Å². The largest absolute Gasteiger partial charge is 0.370 e. The average molecular weight is 242 g/mol. The predicted molar refractivity (Wildman–Crippen MR) is 54.2 cm³/mol. The Morgan fingerprint density at radius 2 is 2.15 bits per heavy atom. The summed E-state index contributed by atoms with van der Waals surface area (Å²) in [5.74, 6) is 0. The van der Waals surface area contributed by atoms with E-state index in [0.29, 0.717) is 5.69 Å². The Balaban J connectivity index is 2.61. The minimum Gasteiger partial charge on any atom is -0.370 e. The number of pyridine rings is 1. The quantitative estimate of drug-likeness (QED) is 0.616. The first-order valence-corrected chi connectivity index (χ1v) is 4.55. The average Bonchev–Trinajstić information content (AvgIpc) is 2.04. The first-order chi connectivity index (χ1) is 6.00. The maximum atomic E-state index is 9.30. The lowest BCUT2D eigenvalue weighted by molar-refractivity contribution is 0.208. The maximum Gasteiger partial charge on any atom is 0.234 e. The molecule has 1 aromatic rings. The summed E-state index contributed by atoms with van der Waals surface area (Å²) in [6, 6.07) is 3.40. The summed E-state index contributed by atoms with van der Waals surface area (Å²) < 4.78 is -1.75. The highest BCUT2D eigenvalue weighted by atomic mass is 35.6. The van der Waals surface area contributed by atoms with E-state index in [2.05, 4.69) is 10.3 Å². The lowest BCUT2D eigenvalue weighted by Crippen LogP contribution is -2.33. The Kier molecular flexibility index (Phi) is 3.62. The highest BCUT2D eigenvalue weighted by molar-refractivity contribution is 6.68. The molecule has 0 amide bonds. The van der Waals surface area contributed by atoms with Crippen LogP contribution in [0.2, 0.25) is 0 Å². The van der Waals surface area contributed by atoms with Gasteiger partial charge in [-0.05, 0) is 12.1 Å². The van der Waals surface area contributed by atoms with Gasteiger partial charge >= 0.3 is 0 Å². The lowest BCUT2D eigenvalue weighted by Gasteiger charge is -2.20. The van der Waals surface area contributed by atoms with Crippen LogP contribution in [0.4, 0.5) is 5.69 Å². The van der Waals surface area contributed by atoms with Crippen molar-refractivity contribution < 1.29 is 5.11 Å². The first-order valence-electron chi connectivity index (χ1n) is 3.41. The van der Waals surface area contributed by atoms with Gasteiger partial charge < -0.3 is 10.4 Å². The second-order valence-electron chi connectivity index (χ2n) is 2.33. The Labute approximate surface area is 90.6 Å². The molecule has 72 valence electrons. The zero-order chi connectivity index (χ0) is 9.90. The molecule has 1 heterocycles. The van der Waals surface area contributed by atoms with E-state index in [9.17, 15) is 5.11 Å². The number of aliphatic hydroxyl groups excluding tert-OH is 1. The maximum absolute atomic E-state index is 9.30. The van der Waals surface area contributed by atoms with Gasteiger partial charge in [0.1, 0.15) is 0 Å². The molecule has 1 unspecified atom stereocenters. The van der Waals surface area contributed by atoms with Crippen LogP contribution < -0.4 is 5.32 Å². The van der Waals surface area contributed by atoms with E-state index in [4.69, 9.17) is 34.8 Å². The second kappa shape index (κ2) is 4.33. The molecular weight excluding hydrogens is 234 g/mol. The summed E-state index contributed by atoms with van der Waals surface area (Å²) in [6.07, 6.45) is 1.86. The topological polar surface area (TPSA) is 45.1 Å². The van der Waals surface area contributed by atoms with Gasteiger partial charge in [-0.25, -0.2) is 0 Å². The van der Waals surface area contributed by atoms with E-state index >= 15 is 0 Å². The smallest absolute Gasteiger partial charge is 0.234 e. The van der Waals surface area contributed by atoms with E-state index in [1.54, 1.807) is 18.3 Å². The van der Waals surface area contributed by atoms with E-state index < -0.39 is 10.0 Å². The predicted octanol–water partition coefficient (Wildman–Crippen LogP) is 2.18. The molecule has 13 heavy (non-hydrogen) atoms. The van der Waals surface area contributed by atoms with Crippen LogP contribution in [-0.4, -0.2) is 20.1 Å². The second-order valence-corrected chi connectivity index (χ2v) is 4.70. The van der Waals surface area contributed by atoms with Crippen molar-refractivity contribution in [3.63, 3.8) is 0 Å². The fourth-order valence-corrected chi connectivity index (χ4v) is 0.852. The number of aromatic nitrogens is 1. The third-order valence-electron chi connectivity index (χ3n) is 1.27. The van der Waals surface area contributed by atoms with Gasteiger partial charge in [0, 0.05) is 6.20 Å². The van der Waals surface area contributed by atoms with Crippen LogP contribution in [0.1, 0.15) is 0 Å². The van der Waals surface area contributed by atoms with Gasteiger partial charge in [0.15, 0.2) is 6.23 Å². The van der Waals surface area contributed by atoms with Crippen LogP contribution in [0.25, 0.3) is 0 Å². The lowest BCUT2D eigenvalue weighted by atomic mass is 10.4. The molecule has 0 bridgehead atoms. The highest BCUT2D eigenvalue weighted by Crippen LogP contribution is 2.30. The molecule has 0 aliphatic carbocycles. The zero-order valence-electron chi connectivity index (χ0n) is 6.42. The minimum absolute atomic E-state index is 0.585. The van der Waals surface area contributed by atoms with E-state index in [-0.39, 0.29) is 0 Å². The fraction of sp³-hybridized carbons (Fsp3) is 0.286. The van der Waals surface area contributed by atoms with Gasteiger partial charge in [0.05, 0.1) is 11.9 Å². The van der Waals surface area contributed by atoms with Crippen molar-refractivity contribution in [1.29, 1.82) is 0 Å². The van der Waals surface area contributed by atoms with Gasteiger partial charge in [0.2, 0.25) is 3.79 Å². The number of rotatable bonds is 2. The molecule has 1 rings (SSSR count). The summed E-state index contributed by atoms with van der Waals surface area (Å²) in [6.45, 7) is 0. The summed E-state index contributed by atoms with van der Waals surface area (Å²) in [4.78, 5) is 3.82. The molecule has 1 aromatic heterocycles. The number of aliphatic hydroxyl groups is 1. The summed E-state index contributed by atoms with van der Waals surface area (Å²) in [7, 11) is 0. The molecule has 0 aliphatic heterocycles. The number of hydrogen-bond donors (Lipinski definition) is 2. The van der Waals surface area contributed by atoms with E-state index in [1.165, 1.54) is 6.20 Å². The van der Waals surface area contributed by atoms with Crippen molar-refractivity contribution >= 4 is 40.5 Å². The van der Waals surface area contributed by atoms with Crippen LogP contribution in [0.15, 0.2) is 24.5 Å². The number of halogens is 3. The third-order valence-corrected chi connectivity index (χ3v) is 1.90. The van der Waals surface area contributed by atoms with Crippen LogP contribution in [-0.2, 0) is 0 Å². The SMILES string of the molecule is OC(Nc1cccnc1)C(Cl)(Cl)Cl. The normalized spacial score (nSPS) is 13.8. The van der Waals surface area contributed by atoms with Crippen LogP contribution in [0, 0.1) is 0 Å². The molecule has 0 saturated carbocycles. The van der Waals surface area contributed by atoms with E-state index in [1.807, 2.05) is 0 Å². The third kappa shape index (κ3) is 3.56. The standard InChI is InChI=1S/C7H7Cl3N2O/c8-7(9,10)6(13)12-5-2-1-3-11-4-5/h1-4,6,12-13H. The van der Waals surface area contributed by atoms with Crippen LogP contribution >= 0.6 is 34.8 Å². The van der Waals surface area contributed by atoms with Crippen molar-refractivity contribution in [3.05, 3.63) is 24.5 Å². The van der Waals surface area contributed by atoms with Gasteiger partial charge in [-0.15, -0.1) is 0 Å². The van der Waals surface area contributed by atoms with Gasteiger partial charge in [-0.2, -0.15) is 0 Å². The number of nitrogens with zero attached hydrogens (tertiary/aromatic N) is 1. The Bertz CT molecular complexity index is 262. The molecule has 0 aromatic carbocycles. The molecular formula is C7H7Cl3N2O. The molecule has 2 N–H and O–H groups in total. The highest BCUT2D eigenvalue weighted by Gasteiger charge is 2.30.